The number of piperidine rings is 1. The van der Waals surface area contributed by atoms with Crippen molar-refractivity contribution in [1.29, 1.82) is 5.26 Å². The predicted molar refractivity (Wildman–Crippen MR) is 97.4 cm³/mol. The lowest BCUT2D eigenvalue weighted by Gasteiger charge is -2.31. The Labute approximate surface area is 150 Å². The fourth-order valence-corrected chi connectivity index (χ4v) is 4.86. The van der Waals surface area contributed by atoms with Crippen molar-refractivity contribution in [2.24, 2.45) is 5.92 Å². The summed E-state index contributed by atoms with van der Waals surface area (Å²) in [7, 11) is 0. The van der Waals surface area contributed by atoms with Crippen molar-refractivity contribution in [3.8, 4) is 6.07 Å². The van der Waals surface area contributed by atoms with E-state index in [-0.39, 0.29) is 5.91 Å². The van der Waals surface area contributed by atoms with Crippen LogP contribution in [-0.2, 0) is 0 Å². The summed E-state index contributed by atoms with van der Waals surface area (Å²) in [6.07, 6.45) is 2.06. The fourth-order valence-electron chi connectivity index (χ4n) is 2.79. The van der Waals surface area contributed by atoms with Gasteiger partial charge >= 0.3 is 0 Å². The van der Waals surface area contributed by atoms with Crippen molar-refractivity contribution in [3.05, 3.63) is 46.5 Å². The van der Waals surface area contributed by atoms with Crippen molar-refractivity contribution in [1.82, 2.24) is 9.88 Å². The summed E-state index contributed by atoms with van der Waals surface area (Å²) in [6, 6.07) is 9.04. The molecule has 1 fully saturated rings. The Balaban J connectivity index is 1.51. The van der Waals surface area contributed by atoms with Crippen molar-refractivity contribution in [2.45, 2.75) is 24.1 Å². The van der Waals surface area contributed by atoms with Gasteiger partial charge in [0.15, 0.2) is 0 Å². The maximum Gasteiger partial charge on any atom is 0.253 e. The second-order valence-electron chi connectivity index (χ2n) is 5.99. The van der Waals surface area contributed by atoms with E-state index in [1.807, 2.05) is 23.6 Å². The van der Waals surface area contributed by atoms with E-state index in [1.165, 1.54) is 0 Å². The van der Waals surface area contributed by atoms with Crippen LogP contribution in [0.1, 0.15) is 34.5 Å². The van der Waals surface area contributed by atoms with Crippen molar-refractivity contribution >= 4 is 29.0 Å². The number of likely N-dealkylation sites (tertiary alicyclic amines) is 1. The quantitative estimate of drug-likeness (QED) is 0.777. The van der Waals surface area contributed by atoms with Gasteiger partial charge in [0.05, 0.1) is 11.6 Å². The summed E-state index contributed by atoms with van der Waals surface area (Å²) in [5.41, 5.74) is 2.23. The largest absolute Gasteiger partial charge is 0.339 e. The Kier molecular flexibility index (Phi) is 5.54. The van der Waals surface area contributed by atoms with E-state index in [0.717, 1.165) is 41.7 Å². The number of benzene rings is 1. The van der Waals surface area contributed by atoms with Crippen LogP contribution in [0.5, 0.6) is 0 Å². The number of carbonyl (C=O) groups excluding carboxylic acids is 1. The Bertz CT molecular complexity index is 758. The molecule has 0 aliphatic carbocycles. The van der Waals surface area contributed by atoms with E-state index in [0.29, 0.717) is 17.0 Å². The summed E-state index contributed by atoms with van der Waals surface area (Å²) in [5.74, 6) is 1.74. The number of aromatic nitrogens is 1. The maximum atomic E-state index is 12.6. The topological polar surface area (TPSA) is 57.0 Å². The van der Waals surface area contributed by atoms with E-state index < -0.39 is 0 Å². The number of aryl methyl sites for hydroxylation is 1. The van der Waals surface area contributed by atoms with E-state index in [9.17, 15) is 4.79 Å². The number of hydrogen-bond acceptors (Lipinski definition) is 5. The number of amides is 1. The number of nitrogens with zero attached hydrogens (tertiary/aromatic N) is 3. The summed E-state index contributed by atoms with van der Waals surface area (Å²) in [6.45, 7) is 3.60. The van der Waals surface area contributed by atoms with E-state index in [1.54, 1.807) is 35.6 Å². The number of carbonyl (C=O) groups is 1. The first kappa shape index (κ1) is 17.0. The van der Waals surface area contributed by atoms with Gasteiger partial charge in [-0.3, -0.25) is 4.79 Å². The molecule has 124 valence electrons. The highest BCUT2D eigenvalue weighted by Crippen LogP contribution is 2.29. The first-order valence-electron chi connectivity index (χ1n) is 8.00. The fraction of sp³-hybridized carbons (Fsp3) is 0.389. The zero-order valence-electron chi connectivity index (χ0n) is 13.6. The molecule has 2 heterocycles. The highest BCUT2D eigenvalue weighted by Gasteiger charge is 2.24. The van der Waals surface area contributed by atoms with Gasteiger partial charge in [0, 0.05) is 35.5 Å². The average Bonchev–Trinajstić information content (AvgIpc) is 3.05. The van der Waals surface area contributed by atoms with E-state index in [2.05, 4.69) is 16.4 Å². The highest BCUT2D eigenvalue weighted by atomic mass is 32.2. The highest BCUT2D eigenvalue weighted by molar-refractivity contribution is 8.01. The standard InChI is InChI=1S/C18H19N3OS2/c1-13-11-23-18(20-13)24-12-14-5-7-21(8-6-14)17(22)16-4-2-3-15(9-16)10-19/h2-4,9,11,14H,5-8,12H2,1H3. The first-order chi connectivity index (χ1) is 11.7. The minimum absolute atomic E-state index is 0.0359. The molecule has 0 saturated carbocycles. The Morgan fingerprint density at radius 2 is 2.25 bits per heavy atom. The molecule has 3 rings (SSSR count). The maximum absolute atomic E-state index is 12.6. The van der Waals surface area contributed by atoms with Gasteiger partial charge in [0.1, 0.15) is 4.34 Å². The Morgan fingerprint density at radius 3 is 2.92 bits per heavy atom. The first-order valence-corrected chi connectivity index (χ1v) is 9.86. The normalized spacial score (nSPS) is 15.2. The van der Waals surface area contributed by atoms with Gasteiger partial charge in [-0.1, -0.05) is 17.8 Å². The van der Waals surface area contributed by atoms with Gasteiger partial charge in [0.25, 0.3) is 5.91 Å². The minimum Gasteiger partial charge on any atom is -0.339 e. The van der Waals surface area contributed by atoms with Crippen LogP contribution in [0.4, 0.5) is 0 Å². The molecule has 24 heavy (non-hydrogen) atoms. The zero-order valence-corrected chi connectivity index (χ0v) is 15.2. The molecular formula is C18H19N3OS2. The number of rotatable bonds is 4. The molecule has 1 aliphatic rings. The number of thioether (sulfide) groups is 1. The van der Waals surface area contributed by atoms with Crippen LogP contribution in [-0.4, -0.2) is 34.6 Å². The summed E-state index contributed by atoms with van der Waals surface area (Å²) in [4.78, 5) is 19.0. The molecule has 1 aliphatic heterocycles. The zero-order chi connectivity index (χ0) is 16.9. The molecule has 1 amide bonds. The third-order valence-electron chi connectivity index (χ3n) is 4.18. The van der Waals surface area contributed by atoms with Gasteiger partial charge in [0.2, 0.25) is 0 Å². The minimum atomic E-state index is 0.0359. The van der Waals surface area contributed by atoms with Gasteiger partial charge < -0.3 is 4.90 Å². The van der Waals surface area contributed by atoms with Crippen molar-refractivity contribution in [2.75, 3.05) is 18.8 Å². The monoisotopic (exact) mass is 357 g/mol. The van der Waals surface area contributed by atoms with Crippen LogP contribution in [0.15, 0.2) is 34.0 Å². The SMILES string of the molecule is Cc1csc(SCC2CCN(C(=O)c3cccc(C#N)c3)CC2)n1. The van der Waals surface area contributed by atoms with Gasteiger partial charge in [-0.2, -0.15) is 5.26 Å². The molecular weight excluding hydrogens is 338 g/mol. The van der Waals surface area contributed by atoms with Crippen LogP contribution in [0.2, 0.25) is 0 Å². The third-order valence-corrected chi connectivity index (χ3v) is 6.55. The molecule has 0 N–H and O–H groups in total. The molecule has 1 aromatic carbocycles. The number of thiazole rings is 1. The average molecular weight is 358 g/mol. The molecule has 2 aromatic rings. The van der Waals surface area contributed by atoms with Crippen molar-refractivity contribution in [3.63, 3.8) is 0 Å². The molecule has 1 aromatic heterocycles. The molecule has 4 nitrogen and oxygen atoms in total. The lowest BCUT2D eigenvalue weighted by molar-refractivity contribution is 0.0698. The smallest absolute Gasteiger partial charge is 0.253 e. The molecule has 0 bridgehead atoms. The Morgan fingerprint density at radius 1 is 1.46 bits per heavy atom. The molecule has 0 atom stereocenters. The molecule has 1 saturated heterocycles. The van der Waals surface area contributed by atoms with Gasteiger partial charge in [-0.05, 0) is 43.9 Å². The lowest BCUT2D eigenvalue weighted by atomic mass is 9.98. The van der Waals surface area contributed by atoms with Crippen molar-refractivity contribution < 1.29 is 4.79 Å². The van der Waals surface area contributed by atoms with Crippen LogP contribution < -0.4 is 0 Å². The summed E-state index contributed by atoms with van der Waals surface area (Å²) < 4.78 is 1.14. The van der Waals surface area contributed by atoms with Crippen LogP contribution in [0.25, 0.3) is 0 Å². The second-order valence-corrected chi connectivity index (χ2v) is 8.12. The van der Waals surface area contributed by atoms with Gasteiger partial charge in [-0.15, -0.1) is 11.3 Å². The second kappa shape index (κ2) is 7.82. The van der Waals surface area contributed by atoms with E-state index in [4.69, 9.17) is 5.26 Å². The third kappa shape index (κ3) is 4.16. The van der Waals surface area contributed by atoms with E-state index >= 15 is 0 Å². The lowest BCUT2D eigenvalue weighted by Crippen LogP contribution is -2.39. The molecule has 0 radical (unpaired) electrons. The Hall–Kier alpha value is -1.84. The predicted octanol–water partition coefficient (Wildman–Crippen LogP) is 3.97. The summed E-state index contributed by atoms with van der Waals surface area (Å²) in [5, 5.41) is 11.0. The van der Waals surface area contributed by atoms with Crippen LogP contribution in [0, 0.1) is 24.2 Å². The molecule has 6 heteroatoms. The van der Waals surface area contributed by atoms with Gasteiger partial charge in [-0.25, -0.2) is 4.98 Å². The molecule has 0 unspecified atom stereocenters. The summed E-state index contributed by atoms with van der Waals surface area (Å²) >= 11 is 3.53. The number of nitriles is 1. The van der Waals surface area contributed by atoms with Crippen LogP contribution in [0.3, 0.4) is 0 Å². The molecule has 0 spiro atoms. The number of hydrogen-bond donors (Lipinski definition) is 0. The van der Waals surface area contributed by atoms with Crippen LogP contribution >= 0.6 is 23.1 Å².